The summed E-state index contributed by atoms with van der Waals surface area (Å²) in [7, 11) is 3.72. The third kappa shape index (κ3) is 4.07. The Hall–Kier alpha value is -2.17. The lowest BCUT2D eigenvalue weighted by Gasteiger charge is -2.31. The van der Waals surface area contributed by atoms with Crippen molar-refractivity contribution >= 4 is 17.1 Å². The zero-order chi connectivity index (χ0) is 19.7. The fourth-order valence-electron chi connectivity index (χ4n) is 3.29. The fraction of sp³-hybridized carbons (Fsp3) is 0.706. The molecular weight excluding hydrogens is 352 g/mol. The minimum Gasteiger partial charge on any atom is -0.389 e. The van der Waals surface area contributed by atoms with E-state index in [0.717, 1.165) is 26.2 Å². The number of H-pyrrole nitrogens is 1. The average Bonchev–Trinajstić information content (AvgIpc) is 2.98. The predicted octanol–water partition coefficient (Wildman–Crippen LogP) is -2.46. The molecule has 27 heavy (non-hydrogen) atoms. The van der Waals surface area contributed by atoms with E-state index in [2.05, 4.69) is 21.9 Å². The number of fused-ring (bicyclic) bond motifs is 1. The topological polar surface area (TPSA) is 110 Å². The highest BCUT2D eigenvalue weighted by Gasteiger charge is 2.26. The Morgan fingerprint density at radius 3 is 2.59 bits per heavy atom. The van der Waals surface area contributed by atoms with Crippen LogP contribution < -0.4 is 21.0 Å². The van der Waals surface area contributed by atoms with Crippen LogP contribution in [0.2, 0.25) is 0 Å². The number of quaternary nitrogens is 1. The summed E-state index contributed by atoms with van der Waals surface area (Å²) in [6.07, 6.45) is -0.790. The molecule has 0 aromatic carbocycles. The molecule has 0 amide bonds. The Bertz CT molecular complexity index is 907. The highest BCUT2D eigenvalue weighted by atomic mass is 16.5. The van der Waals surface area contributed by atoms with Crippen LogP contribution in [0.4, 0.5) is 5.95 Å². The number of likely N-dealkylation sites (N-methyl/N-ethyl adjacent to an activating group) is 1. The first-order chi connectivity index (χ1) is 12.8. The molecule has 2 aromatic heterocycles. The van der Waals surface area contributed by atoms with Crippen molar-refractivity contribution in [2.45, 2.75) is 32.6 Å². The average molecular weight is 381 g/mol. The second-order valence-corrected chi connectivity index (χ2v) is 7.49. The number of hydrogen-bond acceptors (Lipinski definition) is 6. The van der Waals surface area contributed by atoms with Crippen molar-refractivity contribution in [2.24, 2.45) is 7.05 Å². The van der Waals surface area contributed by atoms with Crippen molar-refractivity contribution in [1.82, 2.24) is 19.1 Å². The monoisotopic (exact) mass is 381 g/mol. The van der Waals surface area contributed by atoms with E-state index in [9.17, 15) is 14.7 Å². The van der Waals surface area contributed by atoms with Gasteiger partial charge in [-0.25, -0.2) is 4.79 Å². The number of aliphatic hydroxyl groups is 1. The highest BCUT2D eigenvalue weighted by Crippen LogP contribution is 2.20. The largest absolute Gasteiger partial charge is 0.389 e. The third-order valence-corrected chi connectivity index (χ3v) is 4.90. The van der Waals surface area contributed by atoms with Crippen molar-refractivity contribution in [3.63, 3.8) is 0 Å². The number of hydrogen-bond donors (Lipinski definition) is 3. The van der Waals surface area contributed by atoms with Gasteiger partial charge in [-0.05, 0) is 13.8 Å². The summed E-state index contributed by atoms with van der Waals surface area (Å²) in [6, 6.07) is 0. The summed E-state index contributed by atoms with van der Waals surface area (Å²) in [6.45, 7) is 7.62. The van der Waals surface area contributed by atoms with E-state index in [1.54, 1.807) is 11.6 Å². The van der Waals surface area contributed by atoms with Crippen LogP contribution in [0, 0.1) is 0 Å². The van der Waals surface area contributed by atoms with Crippen LogP contribution in [0.1, 0.15) is 13.8 Å². The van der Waals surface area contributed by atoms with E-state index >= 15 is 0 Å². The van der Waals surface area contributed by atoms with E-state index in [-0.39, 0.29) is 19.3 Å². The normalized spacial score (nSPS) is 17.2. The Labute approximate surface area is 157 Å². The lowest BCUT2D eigenvalue weighted by Crippen LogP contribution is -3.12. The van der Waals surface area contributed by atoms with E-state index in [1.165, 1.54) is 9.47 Å². The molecule has 0 spiro atoms. The Kier molecular flexibility index (Phi) is 5.68. The molecule has 1 saturated heterocycles. The van der Waals surface area contributed by atoms with Gasteiger partial charge in [0.05, 0.1) is 58.6 Å². The van der Waals surface area contributed by atoms with Crippen molar-refractivity contribution < 1.29 is 14.7 Å². The van der Waals surface area contributed by atoms with Gasteiger partial charge in [-0.3, -0.25) is 14.3 Å². The van der Waals surface area contributed by atoms with Crippen LogP contribution in [-0.2, 0) is 18.3 Å². The second-order valence-electron chi connectivity index (χ2n) is 7.49. The first-order valence-corrected chi connectivity index (χ1v) is 9.33. The maximum absolute atomic E-state index is 12.5. The van der Waals surface area contributed by atoms with Crippen molar-refractivity contribution in [1.29, 1.82) is 0 Å². The Morgan fingerprint density at radius 2 is 1.96 bits per heavy atom. The van der Waals surface area contributed by atoms with Gasteiger partial charge in [0.25, 0.3) is 5.56 Å². The van der Waals surface area contributed by atoms with Gasteiger partial charge in [-0.15, -0.1) is 0 Å². The summed E-state index contributed by atoms with van der Waals surface area (Å²) >= 11 is 0. The molecule has 2 aromatic rings. The summed E-state index contributed by atoms with van der Waals surface area (Å²) in [5.41, 5.74) is -0.386. The number of piperazine rings is 1. The van der Waals surface area contributed by atoms with Gasteiger partial charge in [0, 0.05) is 7.05 Å². The number of aliphatic hydroxyl groups excluding tert-OH is 1. The van der Waals surface area contributed by atoms with Gasteiger partial charge >= 0.3 is 5.69 Å². The molecule has 3 N–H and O–H groups in total. The minimum atomic E-state index is -0.793. The van der Waals surface area contributed by atoms with Crippen molar-refractivity contribution in [3.8, 4) is 0 Å². The maximum atomic E-state index is 12.5. The number of aryl methyl sites for hydroxylation is 1. The molecule has 3 rings (SSSR count). The van der Waals surface area contributed by atoms with Crippen LogP contribution in [0.3, 0.4) is 0 Å². The zero-order valence-electron chi connectivity index (χ0n) is 16.4. The molecule has 1 atom stereocenters. The summed E-state index contributed by atoms with van der Waals surface area (Å²) in [5.74, 6) is 0.604. The molecule has 1 aliphatic rings. The molecule has 0 saturated carbocycles. The number of rotatable bonds is 6. The van der Waals surface area contributed by atoms with Gasteiger partial charge < -0.3 is 24.2 Å². The first kappa shape index (κ1) is 19.6. The standard InChI is InChI=1S/C17H28N6O4/c1-11(2)27-10-12(24)9-23-13-14(21(4)17(26)19-15(13)25)18-16(23)22-7-5-20(3)6-8-22/h11-12,24H,5-10H2,1-4H3,(H,19,25,26)/p+1/t12-/m1/s1. The number of imidazole rings is 1. The quantitative estimate of drug-likeness (QED) is 0.512. The molecule has 10 heteroatoms. The second kappa shape index (κ2) is 7.83. The lowest BCUT2D eigenvalue weighted by molar-refractivity contribution is -0.880. The van der Waals surface area contributed by atoms with Crippen LogP contribution in [0.5, 0.6) is 0 Å². The molecule has 0 unspecified atom stereocenters. The van der Waals surface area contributed by atoms with Crippen molar-refractivity contribution in [3.05, 3.63) is 20.8 Å². The SMILES string of the molecule is CC(C)OC[C@H](O)Cn1c(N2CC[NH+](C)CC2)nc2c1c(=O)[nH]c(=O)n2C. The van der Waals surface area contributed by atoms with Crippen LogP contribution in [0.15, 0.2) is 9.59 Å². The summed E-state index contributed by atoms with van der Waals surface area (Å²) in [4.78, 5) is 34.9. The maximum Gasteiger partial charge on any atom is 0.329 e. The Balaban J connectivity index is 2.04. The highest BCUT2D eigenvalue weighted by molar-refractivity contribution is 5.74. The van der Waals surface area contributed by atoms with Gasteiger partial charge in [0.1, 0.15) is 0 Å². The smallest absolute Gasteiger partial charge is 0.329 e. The molecule has 0 radical (unpaired) electrons. The first-order valence-electron chi connectivity index (χ1n) is 9.33. The zero-order valence-corrected chi connectivity index (χ0v) is 16.4. The van der Waals surface area contributed by atoms with Gasteiger partial charge in [0.15, 0.2) is 11.2 Å². The summed E-state index contributed by atoms with van der Waals surface area (Å²) < 4.78 is 8.53. The number of aromatic nitrogens is 4. The third-order valence-electron chi connectivity index (χ3n) is 4.90. The molecule has 10 nitrogen and oxygen atoms in total. The van der Waals surface area contributed by atoms with Gasteiger partial charge in [-0.2, -0.15) is 4.98 Å². The number of ether oxygens (including phenoxy) is 1. The fourth-order valence-corrected chi connectivity index (χ4v) is 3.29. The minimum absolute atomic E-state index is 0.00322. The van der Waals surface area contributed by atoms with E-state index in [0.29, 0.717) is 17.1 Å². The number of nitrogens with one attached hydrogen (secondary N) is 2. The van der Waals surface area contributed by atoms with Gasteiger partial charge in [-0.1, -0.05) is 0 Å². The van der Waals surface area contributed by atoms with E-state index in [1.807, 2.05) is 13.8 Å². The number of anilines is 1. The molecule has 1 fully saturated rings. The van der Waals surface area contributed by atoms with Crippen molar-refractivity contribution in [2.75, 3.05) is 44.7 Å². The number of aromatic amines is 1. The van der Waals surface area contributed by atoms with E-state index < -0.39 is 17.4 Å². The molecule has 3 heterocycles. The molecular formula is C17H29N6O4+. The van der Waals surface area contributed by atoms with Gasteiger partial charge in [0.2, 0.25) is 5.95 Å². The van der Waals surface area contributed by atoms with Crippen LogP contribution in [-0.4, -0.2) is 76.3 Å². The lowest BCUT2D eigenvalue weighted by atomic mass is 10.3. The molecule has 1 aliphatic heterocycles. The van der Waals surface area contributed by atoms with E-state index in [4.69, 9.17) is 4.74 Å². The molecule has 0 aliphatic carbocycles. The number of nitrogens with zero attached hydrogens (tertiary/aromatic N) is 4. The summed E-state index contributed by atoms with van der Waals surface area (Å²) in [5, 5.41) is 10.4. The van der Waals surface area contributed by atoms with Crippen LogP contribution >= 0.6 is 0 Å². The predicted molar refractivity (Wildman–Crippen MR) is 102 cm³/mol. The molecule has 0 bridgehead atoms. The Morgan fingerprint density at radius 1 is 1.30 bits per heavy atom. The molecule has 150 valence electrons. The van der Waals surface area contributed by atoms with Crippen LogP contribution in [0.25, 0.3) is 11.2 Å².